The molecule has 1 aromatic rings. The second-order valence-electron chi connectivity index (χ2n) is 4.88. The van der Waals surface area contributed by atoms with Gasteiger partial charge in [0, 0.05) is 25.6 Å². The highest BCUT2D eigenvalue weighted by atomic mass is 35.5. The third-order valence-electron chi connectivity index (χ3n) is 3.24. The lowest BCUT2D eigenvalue weighted by Crippen LogP contribution is -2.33. The summed E-state index contributed by atoms with van der Waals surface area (Å²) in [5, 5.41) is 8.42. The molecule has 0 fully saturated rings. The van der Waals surface area contributed by atoms with Crippen molar-refractivity contribution in [3.05, 3.63) is 16.4 Å². The van der Waals surface area contributed by atoms with Crippen LogP contribution in [-0.4, -0.2) is 42.0 Å². The van der Waals surface area contributed by atoms with Crippen LogP contribution in [-0.2, 0) is 17.7 Å². The van der Waals surface area contributed by atoms with Gasteiger partial charge in [0.15, 0.2) is 0 Å². The summed E-state index contributed by atoms with van der Waals surface area (Å²) >= 11 is 6.30. The Hall–Kier alpha value is -0.720. The number of nitrogens with one attached hydrogen (secondary N) is 1. The molecule has 0 amide bonds. The fourth-order valence-electron chi connectivity index (χ4n) is 2.26. The van der Waals surface area contributed by atoms with Gasteiger partial charge in [-0.1, -0.05) is 18.5 Å². The third-order valence-corrected chi connectivity index (χ3v) is 3.73. The van der Waals surface area contributed by atoms with Gasteiger partial charge < -0.3 is 10.1 Å². The van der Waals surface area contributed by atoms with E-state index in [0.29, 0.717) is 24.5 Å². The number of rotatable bonds is 10. The Morgan fingerprint density at radius 1 is 1.38 bits per heavy atom. The normalized spacial score (nSPS) is 13.1. The summed E-state index contributed by atoms with van der Waals surface area (Å²) in [6.07, 6.45) is -1.05. The molecule has 1 atom stereocenters. The first kappa shape index (κ1) is 18.3. The lowest BCUT2D eigenvalue weighted by Gasteiger charge is -2.18. The molecule has 0 aliphatic heterocycles. The van der Waals surface area contributed by atoms with Crippen molar-refractivity contribution in [2.75, 3.05) is 19.8 Å². The van der Waals surface area contributed by atoms with E-state index in [-0.39, 0.29) is 6.04 Å². The molecule has 21 heavy (non-hydrogen) atoms. The van der Waals surface area contributed by atoms with Gasteiger partial charge in [-0.05, 0) is 26.8 Å². The van der Waals surface area contributed by atoms with Gasteiger partial charge in [0.05, 0.1) is 16.4 Å². The first-order valence-electron chi connectivity index (χ1n) is 7.30. The van der Waals surface area contributed by atoms with Crippen LogP contribution in [0, 0.1) is 6.92 Å². The molecular formula is C14H24ClF2N3O. The molecule has 1 aromatic heterocycles. The molecule has 0 spiro atoms. The zero-order valence-corrected chi connectivity index (χ0v) is 13.6. The number of aryl methyl sites for hydroxylation is 2. The number of alkyl halides is 2. The Morgan fingerprint density at radius 3 is 2.67 bits per heavy atom. The van der Waals surface area contributed by atoms with Gasteiger partial charge in [0.25, 0.3) is 6.43 Å². The molecule has 0 saturated carbocycles. The van der Waals surface area contributed by atoms with Gasteiger partial charge >= 0.3 is 0 Å². The maximum Gasteiger partial charge on any atom is 0.261 e. The van der Waals surface area contributed by atoms with E-state index in [9.17, 15) is 8.78 Å². The number of aromatic nitrogens is 2. The highest BCUT2D eigenvalue weighted by Gasteiger charge is 2.17. The van der Waals surface area contributed by atoms with Crippen LogP contribution in [0.3, 0.4) is 0 Å². The maximum absolute atomic E-state index is 12.0. The highest BCUT2D eigenvalue weighted by molar-refractivity contribution is 6.31. The molecular weight excluding hydrogens is 300 g/mol. The monoisotopic (exact) mass is 323 g/mol. The second kappa shape index (κ2) is 9.33. The summed E-state index contributed by atoms with van der Waals surface area (Å²) in [6, 6.07) is 0.131. The van der Waals surface area contributed by atoms with Crippen LogP contribution >= 0.6 is 11.6 Å². The van der Waals surface area contributed by atoms with Crippen LogP contribution in [0.1, 0.15) is 31.7 Å². The molecule has 0 radical (unpaired) electrons. The van der Waals surface area contributed by atoms with E-state index in [4.69, 9.17) is 16.3 Å². The largest absolute Gasteiger partial charge is 0.375 e. The molecule has 1 rings (SSSR count). The minimum Gasteiger partial charge on any atom is -0.375 e. The fraction of sp³-hybridized carbons (Fsp3) is 0.786. The van der Waals surface area contributed by atoms with E-state index in [1.165, 1.54) is 0 Å². The summed E-state index contributed by atoms with van der Waals surface area (Å²) in [5.74, 6) is 0. The van der Waals surface area contributed by atoms with Crippen LogP contribution in [0.15, 0.2) is 0 Å². The smallest absolute Gasteiger partial charge is 0.261 e. The van der Waals surface area contributed by atoms with Crippen molar-refractivity contribution in [1.82, 2.24) is 15.1 Å². The van der Waals surface area contributed by atoms with Gasteiger partial charge in [-0.3, -0.25) is 4.68 Å². The van der Waals surface area contributed by atoms with Crippen LogP contribution < -0.4 is 5.32 Å². The van der Waals surface area contributed by atoms with Gasteiger partial charge in [-0.25, -0.2) is 8.78 Å². The molecule has 1 unspecified atom stereocenters. The van der Waals surface area contributed by atoms with E-state index in [0.717, 1.165) is 24.5 Å². The first-order chi connectivity index (χ1) is 9.99. The van der Waals surface area contributed by atoms with Crippen molar-refractivity contribution >= 4 is 11.6 Å². The number of likely N-dealkylation sites (N-methyl/N-ethyl adjacent to an activating group) is 1. The number of hydrogen-bond acceptors (Lipinski definition) is 3. The summed E-state index contributed by atoms with van der Waals surface area (Å²) in [5.41, 5.74) is 1.80. The average Bonchev–Trinajstić information content (AvgIpc) is 2.71. The van der Waals surface area contributed by atoms with Crippen LogP contribution in [0.5, 0.6) is 0 Å². The number of halogens is 3. The molecule has 0 aromatic carbocycles. The van der Waals surface area contributed by atoms with Crippen LogP contribution in [0.4, 0.5) is 8.78 Å². The SMILES string of the molecule is CCNC(CCOCC(F)F)Cc1c(Cl)c(C)nn1CC. The molecule has 0 saturated heterocycles. The first-order valence-corrected chi connectivity index (χ1v) is 7.68. The van der Waals surface area contributed by atoms with Crippen molar-refractivity contribution in [3.63, 3.8) is 0 Å². The lowest BCUT2D eigenvalue weighted by atomic mass is 10.1. The number of hydrogen-bond donors (Lipinski definition) is 1. The average molecular weight is 324 g/mol. The predicted molar refractivity (Wildman–Crippen MR) is 80.3 cm³/mol. The van der Waals surface area contributed by atoms with Crippen molar-refractivity contribution in [1.29, 1.82) is 0 Å². The molecule has 4 nitrogen and oxygen atoms in total. The van der Waals surface area contributed by atoms with Crippen LogP contribution in [0.2, 0.25) is 5.02 Å². The minimum atomic E-state index is -2.42. The summed E-state index contributed by atoms with van der Waals surface area (Å²) < 4.78 is 30.9. The summed E-state index contributed by atoms with van der Waals surface area (Å²) in [6.45, 7) is 7.26. The van der Waals surface area contributed by atoms with E-state index >= 15 is 0 Å². The topological polar surface area (TPSA) is 39.1 Å². The predicted octanol–water partition coefficient (Wildman–Crippen LogP) is 3.06. The third kappa shape index (κ3) is 5.88. The van der Waals surface area contributed by atoms with Crippen molar-refractivity contribution < 1.29 is 13.5 Å². The standard InChI is InChI=1S/C14H24ClF2N3O/c1-4-18-11(6-7-21-9-13(16)17)8-12-14(15)10(3)19-20(12)5-2/h11,13,18H,4-9H2,1-3H3. The second-order valence-corrected chi connectivity index (χ2v) is 5.25. The molecule has 0 aliphatic carbocycles. The Balaban J connectivity index is 2.61. The summed E-state index contributed by atoms with van der Waals surface area (Å²) in [4.78, 5) is 0. The van der Waals surface area contributed by atoms with Crippen LogP contribution in [0.25, 0.3) is 0 Å². The number of nitrogens with zero attached hydrogens (tertiary/aromatic N) is 2. The van der Waals surface area contributed by atoms with Crippen molar-refractivity contribution in [2.45, 2.75) is 52.6 Å². The van der Waals surface area contributed by atoms with E-state index in [1.807, 2.05) is 25.5 Å². The zero-order chi connectivity index (χ0) is 15.8. The molecule has 122 valence electrons. The van der Waals surface area contributed by atoms with Gasteiger partial charge in [0.2, 0.25) is 0 Å². The molecule has 1 N–H and O–H groups in total. The highest BCUT2D eigenvalue weighted by Crippen LogP contribution is 2.22. The number of ether oxygens (including phenoxy) is 1. The van der Waals surface area contributed by atoms with Crippen molar-refractivity contribution in [2.24, 2.45) is 0 Å². The quantitative estimate of drug-likeness (QED) is 0.673. The van der Waals surface area contributed by atoms with E-state index < -0.39 is 13.0 Å². The van der Waals surface area contributed by atoms with E-state index in [1.54, 1.807) is 0 Å². The molecule has 0 aliphatic rings. The van der Waals surface area contributed by atoms with Gasteiger partial charge in [-0.15, -0.1) is 0 Å². The maximum atomic E-state index is 12.0. The molecule has 0 bridgehead atoms. The molecule has 1 heterocycles. The summed E-state index contributed by atoms with van der Waals surface area (Å²) in [7, 11) is 0. The van der Waals surface area contributed by atoms with Gasteiger partial charge in [0.1, 0.15) is 6.61 Å². The molecule has 7 heteroatoms. The Morgan fingerprint density at radius 2 is 2.10 bits per heavy atom. The zero-order valence-electron chi connectivity index (χ0n) is 12.8. The fourth-order valence-corrected chi connectivity index (χ4v) is 2.47. The Kier molecular flexibility index (Phi) is 8.14. The Bertz CT molecular complexity index is 427. The van der Waals surface area contributed by atoms with Crippen molar-refractivity contribution in [3.8, 4) is 0 Å². The van der Waals surface area contributed by atoms with E-state index in [2.05, 4.69) is 10.4 Å². The lowest BCUT2D eigenvalue weighted by molar-refractivity contribution is 0.0144. The Labute approximate surface area is 129 Å². The minimum absolute atomic E-state index is 0.131. The van der Waals surface area contributed by atoms with Gasteiger partial charge in [-0.2, -0.15) is 5.10 Å².